The van der Waals surface area contributed by atoms with Gasteiger partial charge < -0.3 is 10.4 Å². The molecule has 0 heterocycles. The summed E-state index contributed by atoms with van der Waals surface area (Å²) in [5.41, 5.74) is 0. The highest BCUT2D eigenvalue weighted by Gasteiger charge is 2.67. The first-order chi connectivity index (χ1) is 9.04. The van der Waals surface area contributed by atoms with Crippen molar-refractivity contribution in [2.24, 2.45) is 35.5 Å². The number of carboxylic acid groups (broad SMARTS) is 1. The minimum Gasteiger partial charge on any atom is -0.480 e. The maximum absolute atomic E-state index is 12.3. The zero-order valence-corrected chi connectivity index (χ0v) is 11.6. The lowest BCUT2D eigenvalue weighted by Gasteiger charge is -2.21. The van der Waals surface area contributed by atoms with Gasteiger partial charge in [-0.3, -0.25) is 4.79 Å². The van der Waals surface area contributed by atoms with Gasteiger partial charge in [-0.1, -0.05) is 20.3 Å². The molecule has 2 bridgehead atoms. The summed E-state index contributed by atoms with van der Waals surface area (Å²) < 4.78 is 0. The molecule has 2 N–H and O–H groups in total. The summed E-state index contributed by atoms with van der Waals surface area (Å²) in [6.45, 7) is 3.84. The molecule has 4 heteroatoms. The van der Waals surface area contributed by atoms with E-state index in [-0.39, 0.29) is 17.7 Å². The Kier molecular flexibility index (Phi) is 3.06. The van der Waals surface area contributed by atoms with E-state index in [0.29, 0.717) is 11.8 Å². The fraction of sp³-hybridized carbons (Fsp3) is 0.867. The summed E-state index contributed by atoms with van der Waals surface area (Å²) in [5, 5.41) is 12.0. The highest BCUT2D eigenvalue weighted by Crippen LogP contribution is 2.69. The van der Waals surface area contributed by atoms with E-state index in [1.807, 2.05) is 13.8 Å². The van der Waals surface area contributed by atoms with E-state index in [4.69, 9.17) is 0 Å². The summed E-state index contributed by atoms with van der Waals surface area (Å²) in [4.78, 5) is 23.5. The molecular weight excluding hydrogens is 242 g/mol. The van der Waals surface area contributed by atoms with Crippen LogP contribution in [0.3, 0.4) is 0 Å². The normalized spacial score (nSPS) is 41.5. The number of carbonyl (C=O) groups excluding carboxylic acids is 1. The van der Waals surface area contributed by atoms with Crippen molar-refractivity contribution in [3.8, 4) is 0 Å². The van der Waals surface area contributed by atoms with Gasteiger partial charge in [0.25, 0.3) is 0 Å². The Morgan fingerprint density at radius 2 is 1.84 bits per heavy atom. The number of aliphatic carboxylic acids is 1. The number of fused-ring (bicyclic) bond motifs is 5. The largest absolute Gasteiger partial charge is 0.480 e. The SMILES string of the molecule is CCC(C)[C@H](NC(=O)C1C2C3CCC(C3)C12)C(=O)O. The van der Waals surface area contributed by atoms with E-state index < -0.39 is 12.0 Å². The first-order valence-electron chi connectivity index (χ1n) is 7.57. The van der Waals surface area contributed by atoms with Gasteiger partial charge in [-0.25, -0.2) is 4.79 Å². The second-order valence-electron chi connectivity index (χ2n) is 6.72. The summed E-state index contributed by atoms with van der Waals surface area (Å²) in [7, 11) is 0. The molecule has 0 aliphatic heterocycles. The molecule has 0 aromatic rings. The van der Waals surface area contributed by atoms with Crippen molar-refractivity contribution < 1.29 is 14.7 Å². The fourth-order valence-electron chi connectivity index (χ4n) is 4.61. The van der Waals surface area contributed by atoms with Gasteiger partial charge in [0, 0.05) is 5.92 Å². The Bertz CT molecular complexity index is 392. The molecule has 1 amide bonds. The number of nitrogens with one attached hydrogen (secondary N) is 1. The van der Waals surface area contributed by atoms with Crippen LogP contribution in [0, 0.1) is 35.5 Å². The van der Waals surface area contributed by atoms with E-state index in [1.54, 1.807) is 0 Å². The van der Waals surface area contributed by atoms with Crippen LogP contribution in [0.4, 0.5) is 0 Å². The molecule has 0 aromatic heterocycles. The van der Waals surface area contributed by atoms with Crippen molar-refractivity contribution in [2.75, 3.05) is 0 Å². The van der Waals surface area contributed by atoms with Crippen LogP contribution in [0.5, 0.6) is 0 Å². The number of hydrogen-bond donors (Lipinski definition) is 2. The summed E-state index contributed by atoms with van der Waals surface area (Å²) in [6, 6.07) is -0.725. The van der Waals surface area contributed by atoms with E-state index in [1.165, 1.54) is 19.3 Å². The quantitative estimate of drug-likeness (QED) is 0.797. The van der Waals surface area contributed by atoms with Crippen LogP contribution < -0.4 is 5.32 Å². The van der Waals surface area contributed by atoms with E-state index in [0.717, 1.165) is 18.3 Å². The van der Waals surface area contributed by atoms with Gasteiger partial charge >= 0.3 is 5.97 Å². The van der Waals surface area contributed by atoms with Crippen LogP contribution in [-0.4, -0.2) is 23.0 Å². The first kappa shape index (κ1) is 12.9. The molecule has 3 saturated carbocycles. The molecule has 0 aromatic carbocycles. The third-order valence-corrected chi connectivity index (χ3v) is 5.81. The summed E-state index contributed by atoms with van der Waals surface area (Å²) in [5.74, 6) is 1.84. The first-order valence-corrected chi connectivity index (χ1v) is 7.57. The summed E-state index contributed by atoms with van der Waals surface area (Å²) >= 11 is 0. The molecule has 4 nitrogen and oxygen atoms in total. The Labute approximate surface area is 113 Å². The number of rotatable bonds is 5. The number of carbonyl (C=O) groups is 2. The fourth-order valence-corrected chi connectivity index (χ4v) is 4.61. The van der Waals surface area contributed by atoms with Crippen LogP contribution in [-0.2, 0) is 9.59 Å². The molecule has 0 radical (unpaired) electrons. The highest BCUT2D eigenvalue weighted by molar-refractivity contribution is 5.87. The van der Waals surface area contributed by atoms with Gasteiger partial charge in [-0.05, 0) is 48.9 Å². The molecule has 3 aliphatic rings. The Morgan fingerprint density at radius 1 is 1.26 bits per heavy atom. The minimum atomic E-state index is -0.906. The molecule has 3 aliphatic carbocycles. The molecule has 3 fully saturated rings. The second kappa shape index (κ2) is 4.50. The average molecular weight is 265 g/mol. The van der Waals surface area contributed by atoms with Crippen LogP contribution in [0.25, 0.3) is 0 Å². The lowest BCUT2D eigenvalue weighted by Crippen LogP contribution is -2.46. The third kappa shape index (κ3) is 1.96. The van der Waals surface area contributed by atoms with Crippen LogP contribution in [0.1, 0.15) is 39.5 Å². The van der Waals surface area contributed by atoms with Crippen molar-refractivity contribution in [3.05, 3.63) is 0 Å². The van der Waals surface area contributed by atoms with E-state index in [2.05, 4.69) is 5.32 Å². The van der Waals surface area contributed by atoms with Crippen molar-refractivity contribution >= 4 is 11.9 Å². The number of hydrogen-bond acceptors (Lipinski definition) is 2. The Morgan fingerprint density at radius 3 is 2.32 bits per heavy atom. The second-order valence-corrected chi connectivity index (χ2v) is 6.72. The van der Waals surface area contributed by atoms with Crippen molar-refractivity contribution in [2.45, 2.75) is 45.6 Å². The van der Waals surface area contributed by atoms with Crippen molar-refractivity contribution in [3.63, 3.8) is 0 Å². The molecule has 3 rings (SSSR count). The maximum Gasteiger partial charge on any atom is 0.326 e. The number of amides is 1. The predicted molar refractivity (Wildman–Crippen MR) is 70.3 cm³/mol. The van der Waals surface area contributed by atoms with Crippen LogP contribution in [0.2, 0.25) is 0 Å². The standard InChI is InChI=1S/C15H23NO3/c1-3-7(2)13(15(18)19)16-14(17)12-10-8-4-5-9(6-8)11(10)12/h7-13H,3-6H2,1-2H3,(H,16,17)(H,18,19)/t7?,8?,9?,10?,11?,12?,13-/m0/s1. The third-order valence-electron chi connectivity index (χ3n) is 5.81. The maximum atomic E-state index is 12.3. The zero-order chi connectivity index (χ0) is 13.7. The molecule has 0 saturated heterocycles. The van der Waals surface area contributed by atoms with Gasteiger partial charge in [0.15, 0.2) is 0 Å². The lowest BCUT2D eigenvalue weighted by molar-refractivity contribution is -0.143. The molecule has 6 atom stereocenters. The number of carboxylic acids is 1. The van der Waals surface area contributed by atoms with Gasteiger partial charge in [0.1, 0.15) is 6.04 Å². The Balaban J connectivity index is 1.61. The molecule has 5 unspecified atom stereocenters. The minimum absolute atomic E-state index is 0.000648. The molecule has 19 heavy (non-hydrogen) atoms. The van der Waals surface area contributed by atoms with Gasteiger partial charge in [-0.15, -0.1) is 0 Å². The average Bonchev–Trinajstić information content (AvgIpc) is 2.83. The van der Waals surface area contributed by atoms with Gasteiger partial charge in [0.2, 0.25) is 5.91 Å². The van der Waals surface area contributed by atoms with Crippen LogP contribution in [0.15, 0.2) is 0 Å². The zero-order valence-electron chi connectivity index (χ0n) is 11.6. The monoisotopic (exact) mass is 265 g/mol. The van der Waals surface area contributed by atoms with Crippen molar-refractivity contribution in [1.82, 2.24) is 5.32 Å². The van der Waals surface area contributed by atoms with Gasteiger partial charge in [0.05, 0.1) is 0 Å². The highest BCUT2D eigenvalue weighted by atomic mass is 16.4. The van der Waals surface area contributed by atoms with E-state index in [9.17, 15) is 14.7 Å². The summed E-state index contributed by atoms with van der Waals surface area (Å²) in [6.07, 6.45) is 4.64. The topological polar surface area (TPSA) is 66.4 Å². The van der Waals surface area contributed by atoms with Gasteiger partial charge in [-0.2, -0.15) is 0 Å². The molecular formula is C15H23NO3. The van der Waals surface area contributed by atoms with E-state index >= 15 is 0 Å². The smallest absolute Gasteiger partial charge is 0.326 e. The molecule has 0 spiro atoms. The van der Waals surface area contributed by atoms with Crippen LogP contribution >= 0.6 is 0 Å². The molecule has 106 valence electrons. The lowest BCUT2D eigenvalue weighted by atomic mass is 9.97. The predicted octanol–water partition coefficient (Wildman–Crippen LogP) is 1.89. The van der Waals surface area contributed by atoms with Crippen molar-refractivity contribution in [1.29, 1.82) is 0 Å². The Hall–Kier alpha value is -1.06.